The third kappa shape index (κ3) is 3.99. The zero-order valence-electron chi connectivity index (χ0n) is 11.6. The molecule has 0 heterocycles. The Morgan fingerprint density at radius 3 is 2.37 bits per heavy atom. The van der Waals surface area contributed by atoms with Crippen LogP contribution < -0.4 is 10.5 Å². The van der Waals surface area contributed by atoms with Crippen LogP contribution >= 0.6 is 12.2 Å². The third-order valence-electron chi connectivity index (χ3n) is 3.16. The summed E-state index contributed by atoms with van der Waals surface area (Å²) in [6, 6.07) is 5.05. The van der Waals surface area contributed by atoms with E-state index in [9.17, 15) is 8.42 Å². The van der Waals surface area contributed by atoms with Crippen molar-refractivity contribution in [2.75, 3.05) is 6.54 Å². The van der Waals surface area contributed by atoms with Gasteiger partial charge in [-0.25, -0.2) is 13.1 Å². The predicted molar refractivity (Wildman–Crippen MR) is 81.7 cm³/mol. The summed E-state index contributed by atoms with van der Waals surface area (Å²) in [5.41, 5.74) is 7.02. The Morgan fingerprint density at radius 2 is 1.89 bits per heavy atom. The molecule has 0 radical (unpaired) electrons. The first-order valence-corrected chi connectivity index (χ1v) is 7.82. The molecule has 6 heteroatoms. The highest BCUT2D eigenvalue weighted by Gasteiger charge is 2.25. The second kappa shape index (κ2) is 5.56. The van der Waals surface area contributed by atoms with E-state index < -0.39 is 15.4 Å². The highest BCUT2D eigenvalue weighted by atomic mass is 32.2. The molecule has 0 atom stereocenters. The molecule has 0 amide bonds. The van der Waals surface area contributed by atoms with E-state index in [1.807, 2.05) is 13.8 Å². The fourth-order valence-electron chi connectivity index (χ4n) is 1.33. The van der Waals surface area contributed by atoms with Crippen LogP contribution in [-0.4, -0.2) is 20.0 Å². The lowest BCUT2D eigenvalue weighted by molar-refractivity contribution is 0.501. The molecule has 0 bridgehead atoms. The number of hydrogen-bond acceptors (Lipinski definition) is 3. The summed E-state index contributed by atoms with van der Waals surface area (Å²) >= 11 is 4.92. The van der Waals surface area contributed by atoms with Gasteiger partial charge in [-0.3, -0.25) is 0 Å². The fourth-order valence-corrected chi connectivity index (χ4v) is 2.70. The highest BCUT2D eigenvalue weighted by molar-refractivity contribution is 7.89. The molecule has 0 aliphatic carbocycles. The minimum atomic E-state index is -3.53. The summed E-state index contributed by atoms with van der Waals surface area (Å²) in [7, 11) is -3.53. The van der Waals surface area contributed by atoms with Crippen molar-refractivity contribution in [3.8, 4) is 0 Å². The van der Waals surface area contributed by atoms with Crippen molar-refractivity contribution < 1.29 is 8.42 Å². The standard InChI is InChI=1S/C13H20N2O2S2/c1-9-5-6-11(7-10(9)2)19(16,17)15-8-13(3,4)12(14)18/h5-7,15H,8H2,1-4H3,(H2,14,18). The average Bonchev–Trinajstić information content (AvgIpc) is 2.30. The minimum absolute atomic E-state index is 0.178. The molecule has 1 aromatic rings. The first-order chi connectivity index (χ1) is 8.56. The van der Waals surface area contributed by atoms with E-state index >= 15 is 0 Å². The average molecular weight is 300 g/mol. The zero-order chi connectivity index (χ0) is 14.8. The van der Waals surface area contributed by atoms with Gasteiger partial charge in [-0.05, 0) is 37.1 Å². The monoisotopic (exact) mass is 300 g/mol. The molecule has 0 aliphatic heterocycles. The highest BCUT2D eigenvalue weighted by Crippen LogP contribution is 2.18. The Morgan fingerprint density at radius 1 is 1.32 bits per heavy atom. The lowest BCUT2D eigenvalue weighted by Gasteiger charge is -2.23. The molecule has 1 aromatic carbocycles. The van der Waals surface area contributed by atoms with Crippen molar-refractivity contribution in [2.24, 2.45) is 11.1 Å². The molecule has 0 saturated heterocycles. The molecule has 19 heavy (non-hydrogen) atoms. The van der Waals surface area contributed by atoms with Crippen LogP contribution in [0.15, 0.2) is 23.1 Å². The van der Waals surface area contributed by atoms with E-state index in [4.69, 9.17) is 18.0 Å². The van der Waals surface area contributed by atoms with Crippen LogP contribution in [0, 0.1) is 19.3 Å². The molecular formula is C13H20N2O2S2. The summed E-state index contributed by atoms with van der Waals surface area (Å²) < 4.78 is 26.9. The smallest absolute Gasteiger partial charge is 0.240 e. The van der Waals surface area contributed by atoms with Crippen molar-refractivity contribution in [3.05, 3.63) is 29.3 Å². The van der Waals surface area contributed by atoms with E-state index in [2.05, 4.69) is 4.72 Å². The zero-order valence-corrected chi connectivity index (χ0v) is 13.3. The fraction of sp³-hybridized carbons (Fsp3) is 0.462. The first kappa shape index (κ1) is 16.1. The number of rotatable bonds is 5. The molecule has 0 aromatic heterocycles. The van der Waals surface area contributed by atoms with E-state index in [1.165, 1.54) is 0 Å². The number of thiocarbonyl (C=S) groups is 1. The molecule has 0 fully saturated rings. The van der Waals surface area contributed by atoms with Crippen LogP contribution in [0.2, 0.25) is 0 Å². The largest absolute Gasteiger partial charge is 0.393 e. The van der Waals surface area contributed by atoms with Gasteiger partial charge in [0.05, 0.1) is 9.88 Å². The van der Waals surface area contributed by atoms with Crippen LogP contribution in [0.25, 0.3) is 0 Å². The van der Waals surface area contributed by atoms with Gasteiger partial charge in [0.25, 0.3) is 0 Å². The predicted octanol–water partition coefficient (Wildman–Crippen LogP) is 1.89. The molecule has 0 unspecified atom stereocenters. The summed E-state index contributed by atoms with van der Waals surface area (Å²) in [4.78, 5) is 0.546. The van der Waals surface area contributed by atoms with Crippen molar-refractivity contribution in [3.63, 3.8) is 0 Å². The molecule has 0 saturated carbocycles. The van der Waals surface area contributed by atoms with Gasteiger partial charge >= 0.3 is 0 Å². The Balaban J connectivity index is 2.93. The van der Waals surface area contributed by atoms with Crippen LogP contribution in [0.3, 0.4) is 0 Å². The van der Waals surface area contributed by atoms with Crippen molar-refractivity contribution in [1.82, 2.24) is 4.72 Å². The Hall–Kier alpha value is -0.980. The minimum Gasteiger partial charge on any atom is -0.393 e. The van der Waals surface area contributed by atoms with Crippen LogP contribution in [0.4, 0.5) is 0 Å². The molecule has 0 aliphatic rings. The molecule has 0 spiro atoms. The second-order valence-corrected chi connectivity index (χ2v) is 7.53. The lowest BCUT2D eigenvalue weighted by atomic mass is 9.94. The van der Waals surface area contributed by atoms with Crippen LogP contribution in [-0.2, 0) is 10.0 Å². The van der Waals surface area contributed by atoms with E-state index in [-0.39, 0.29) is 16.4 Å². The maximum atomic E-state index is 12.2. The van der Waals surface area contributed by atoms with E-state index in [0.717, 1.165) is 11.1 Å². The normalized spacial score (nSPS) is 12.4. The number of hydrogen-bond donors (Lipinski definition) is 2. The summed E-state index contributed by atoms with van der Waals surface area (Å²) in [6.07, 6.45) is 0. The van der Waals surface area contributed by atoms with Gasteiger partial charge in [-0.2, -0.15) is 0 Å². The van der Waals surface area contributed by atoms with E-state index in [1.54, 1.807) is 32.0 Å². The summed E-state index contributed by atoms with van der Waals surface area (Å²) in [5, 5.41) is 0. The third-order valence-corrected chi connectivity index (χ3v) is 5.11. The lowest BCUT2D eigenvalue weighted by Crippen LogP contribution is -2.41. The summed E-state index contributed by atoms with van der Waals surface area (Å²) in [6.45, 7) is 7.61. The van der Waals surface area contributed by atoms with Gasteiger partial charge in [0.2, 0.25) is 10.0 Å². The molecule has 1 rings (SSSR count). The first-order valence-electron chi connectivity index (χ1n) is 5.93. The van der Waals surface area contributed by atoms with Crippen molar-refractivity contribution in [2.45, 2.75) is 32.6 Å². The number of sulfonamides is 1. The van der Waals surface area contributed by atoms with E-state index in [0.29, 0.717) is 0 Å². The number of nitrogens with two attached hydrogens (primary N) is 1. The maximum Gasteiger partial charge on any atom is 0.240 e. The molecular weight excluding hydrogens is 280 g/mol. The van der Waals surface area contributed by atoms with Gasteiger partial charge in [-0.15, -0.1) is 0 Å². The van der Waals surface area contributed by atoms with Crippen molar-refractivity contribution >= 4 is 27.2 Å². The maximum absolute atomic E-state index is 12.2. The molecule has 3 N–H and O–H groups in total. The van der Waals surface area contributed by atoms with Crippen LogP contribution in [0.5, 0.6) is 0 Å². The Kier molecular flexibility index (Phi) is 4.71. The number of aryl methyl sites for hydroxylation is 2. The quantitative estimate of drug-likeness (QED) is 0.815. The van der Waals surface area contributed by atoms with Gasteiger partial charge < -0.3 is 5.73 Å². The molecule has 4 nitrogen and oxygen atoms in total. The van der Waals surface area contributed by atoms with Gasteiger partial charge in [-0.1, -0.05) is 32.1 Å². The van der Waals surface area contributed by atoms with Crippen LogP contribution in [0.1, 0.15) is 25.0 Å². The SMILES string of the molecule is Cc1ccc(S(=O)(=O)NCC(C)(C)C(N)=S)cc1C. The number of nitrogens with one attached hydrogen (secondary N) is 1. The van der Waals surface area contributed by atoms with Crippen molar-refractivity contribution in [1.29, 1.82) is 0 Å². The number of benzene rings is 1. The Labute approximate surface area is 120 Å². The summed E-state index contributed by atoms with van der Waals surface area (Å²) in [5.74, 6) is 0. The van der Waals surface area contributed by atoms with Gasteiger partial charge in [0.15, 0.2) is 0 Å². The second-order valence-electron chi connectivity index (χ2n) is 5.32. The topological polar surface area (TPSA) is 72.2 Å². The van der Waals surface area contributed by atoms with Gasteiger partial charge in [0, 0.05) is 12.0 Å². The Bertz CT molecular complexity index is 593. The van der Waals surface area contributed by atoms with Gasteiger partial charge in [0.1, 0.15) is 0 Å². The molecule has 106 valence electrons.